The zero-order valence-electron chi connectivity index (χ0n) is 12.3. The Balaban J connectivity index is 2.02. The van der Waals surface area contributed by atoms with Crippen molar-refractivity contribution in [1.82, 2.24) is 15.3 Å². The second kappa shape index (κ2) is 6.66. The normalized spacial score (nSPS) is 11.2. The minimum atomic E-state index is -0.229. The summed E-state index contributed by atoms with van der Waals surface area (Å²) in [6, 6.07) is 7.08. The molecule has 1 heterocycles. The second-order valence-corrected chi connectivity index (χ2v) is 5.38. The lowest BCUT2D eigenvalue weighted by atomic mass is 10.1. The average molecular weight is 275 g/mol. The highest BCUT2D eigenvalue weighted by atomic mass is 19.1. The number of imidazole rings is 1. The van der Waals surface area contributed by atoms with Crippen molar-refractivity contribution < 1.29 is 4.39 Å². The summed E-state index contributed by atoms with van der Waals surface area (Å²) in [5.74, 6) is 0.736. The third-order valence-electron chi connectivity index (χ3n) is 3.17. The summed E-state index contributed by atoms with van der Waals surface area (Å²) >= 11 is 0. The zero-order chi connectivity index (χ0) is 14.5. The molecule has 2 aromatic rings. The van der Waals surface area contributed by atoms with E-state index in [9.17, 15) is 4.39 Å². The van der Waals surface area contributed by atoms with E-state index in [1.807, 2.05) is 13.0 Å². The molecule has 0 aliphatic heterocycles. The Kier molecular flexibility index (Phi) is 4.90. The molecule has 0 saturated heterocycles. The van der Waals surface area contributed by atoms with Gasteiger partial charge in [-0.05, 0) is 32.0 Å². The SMILES string of the molecule is Cc1[nH]c(CCCNC(C)C)nc1-c1cccc(F)c1. The lowest BCUT2D eigenvalue weighted by Gasteiger charge is -2.06. The lowest BCUT2D eigenvalue weighted by molar-refractivity contribution is 0.567. The molecule has 0 bridgehead atoms. The van der Waals surface area contributed by atoms with Gasteiger partial charge >= 0.3 is 0 Å². The highest BCUT2D eigenvalue weighted by molar-refractivity contribution is 5.61. The van der Waals surface area contributed by atoms with E-state index in [0.29, 0.717) is 6.04 Å². The first-order valence-electron chi connectivity index (χ1n) is 7.11. The monoisotopic (exact) mass is 275 g/mol. The van der Waals surface area contributed by atoms with E-state index in [1.165, 1.54) is 12.1 Å². The van der Waals surface area contributed by atoms with E-state index in [-0.39, 0.29) is 5.82 Å². The Hall–Kier alpha value is -1.68. The van der Waals surface area contributed by atoms with Gasteiger partial charge in [-0.25, -0.2) is 9.37 Å². The van der Waals surface area contributed by atoms with Gasteiger partial charge in [0, 0.05) is 23.7 Å². The molecule has 0 aliphatic carbocycles. The maximum absolute atomic E-state index is 13.3. The number of hydrogen-bond acceptors (Lipinski definition) is 2. The molecule has 3 nitrogen and oxygen atoms in total. The molecule has 0 spiro atoms. The predicted molar refractivity (Wildman–Crippen MR) is 80.2 cm³/mol. The van der Waals surface area contributed by atoms with E-state index >= 15 is 0 Å². The molecule has 4 heteroatoms. The van der Waals surface area contributed by atoms with Gasteiger partial charge in [-0.1, -0.05) is 26.0 Å². The highest BCUT2D eigenvalue weighted by Gasteiger charge is 2.09. The Morgan fingerprint density at radius 2 is 2.15 bits per heavy atom. The molecule has 108 valence electrons. The molecule has 0 amide bonds. The van der Waals surface area contributed by atoms with Crippen molar-refractivity contribution in [3.63, 3.8) is 0 Å². The fraction of sp³-hybridized carbons (Fsp3) is 0.438. The molecule has 2 rings (SSSR count). The Morgan fingerprint density at radius 3 is 2.85 bits per heavy atom. The minimum Gasteiger partial charge on any atom is -0.346 e. The van der Waals surface area contributed by atoms with Crippen LogP contribution in [0.4, 0.5) is 4.39 Å². The largest absolute Gasteiger partial charge is 0.346 e. The van der Waals surface area contributed by atoms with E-state index < -0.39 is 0 Å². The minimum absolute atomic E-state index is 0.229. The maximum Gasteiger partial charge on any atom is 0.123 e. The molecule has 0 fully saturated rings. The van der Waals surface area contributed by atoms with Gasteiger partial charge in [0.15, 0.2) is 0 Å². The zero-order valence-corrected chi connectivity index (χ0v) is 12.3. The summed E-state index contributed by atoms with van der Waals surface area (Å²) in [5, 5.41) is 3.39. The van der Waals surface area contributed by atoms with Crippen LogP contribution in [0.25, 0.3) is 11.3 Å². The maximum atomic E-state index is 13.3. The van der Waals surface area contributed by atoms with Crippen LogP contribution in [0.5, 0.6) is 0 Å². The van der Waals surface area contributed by atoms with Crippen molar-refractivity contribution in [3.8, 4) is 11.3 Å². The Morgan fingerprint density at radius 1 is 1.35 bits per heavy atom. The van der Waals surface area contributed by atoms with Gasteiger partial charge in [-0.3, -0.25) is 0 Å². The van der Waals surface area contributed by atoms with Crippen LogP contribution in [0.2, 0.25) is 0 Å². The Bertz CT molecular complexity index is 561. The first-order chi connectivity index (χ1) is 9.56. The molecule has 0 atom stereocenters. The summed E-state index contributed by atoms with van der Waals surface area (Å²) in [6.07, 6.45) is 1.93. The van der Waals surface area contributed by atoms with Crippen LogP contribution in [0.1, 0.15) is 31.8 Å². The van der Waals surface area contributed by atoms with Gasteiger partial charge in [-0.2, -0.15) is 0 Å². The van der Waals surface area contributed by atoms with Gasteiger partial charge in [0.2, 0.25) is 0 Å². The van der Waals surface area contributed by atoms with Gasteiger partial charge in [0.05, 0.1) is 5.69 Å². The summed E-state index contributed by atoms with van der Waals surface area (Å²) in [5.41, 5.74) is 2.66. The third kappa shape index (κ3) is 3.90. The van der Waals surface area contributed by atoms with Gasteiger partial charge in [0.25, 0.3) is 0 Å². The molecular weight excluding hydrogens is 253 g/mol. The number of benzene rings is 1. The first kappa shape index (κ1) is 14.7. The van der Waals surface area contributed by atoms with Gasteiger partial charge < -0.3 is 10.3 Å². The highest BCUT2D eigenvalue weighted by Crippen LogP contribution is 2.22. The standard InChI is InChI=1S/C16H22FN3/c1-11(2)18-9-5-8-15-19-12(3)16(20-15)13-6-4-7-14(17)10-13/h4,6-7,10-11,18H,5,8-9H2,1-3H3,(H,19,20). The quantitative estimate of drug-likeness (QED) is 0.793. The number of rotatable bonds is 6. The summed E-state index contributed by atoms with van der Waals surface area (Å²) < 4.78 is 13.3. The topological polar surface area (TPSA) is 40.7 Å². The molecule has 2 N–H and O–H groups in total. The van der Waals surface area contributed by atoms with Gasteiger partial charge in [0.1, 0.15) is 11.6 Å². The van der Waals surface area contributed by atoms with Crippen molar-refractivity contribution >= 4 is 0 Å². The molecule has 0 aliphatic rings. The van der Waals surface area contributed by atoms with Crippen LogP contribution in [0.3, 0.4) is 0 Å². The van der Waals surface area contributed by atoms with Crippen LogP contribution in [-0.2, 0) is 6.42 Å². The van der Waals surface area contributed by atoms with E-state index in [4.69, 9.17) is 0 Å². The number of hydrogen-bond donors (Lipinski definition) is 2. The Labute approximate surface area is 119 Å². The van der Waals surface area contributed by atoms with Crippen LogP contribution in [0, 0.1) is 12.7 Å². The first-order valence-corrected chi connectivity index (χ1v) is 7.11. The van der Waals surface area contributed by atoms with Crippen LogP contribution in [-0.4, -0.2) is 22.6 Å². The predicted octanol–water partition coefficient (Wildman–Crippen LogP) is 3.45. The van der Waals surface area contributed by atoms with Crippen LogP contribution >= 0.6 is 0 Å². The number of nitrogens with zero attached hydrogens (tertiary/aromatic N) is 1. The number of aromatic nitrogens is 2. The number of aromatic amines is 1. The van der Waals surface area contributed by atoms with Crippen molar-refractivity contribution in [2.45, 2.75) is 39.7 Å². The summed E-state index contributed by atoms with van der Waals surface area (Å²) in [4.78, 5) is 7.88. The number of aryl methyl sites for hydroxylation is 2. The van der Waals surface area contributed by atoms with Crippen LogP contribution in [0.15, 0.2) is 24.3 Å². The van der Waals surface area contributed by atoms with Crippen molar-refractivity contribution in [2.24, 2.45) is 0 Å². The average Bonchev–Trinajstić information content (AvgIpc) is 2.76. The fourth-order valence-corrected chi connectivity index (χ4v) is 2.20. The molecule has 1 aromatic heterocycles. The molecule has 20 heavy (non-hydrogen) atoms. The van der Waals surface area contributed by atoms with Gasteiger partial charge in [-0.15, -0.1) is 0 Å². The fourth-order valence-electron chi connectivity index (χ4n) is 2.20. The number of nitrogens with one attached hydrogen (secondary N) is 2. The molecule has 0 radical (unpaired) electrons. The summed E-state index contributed by atoms with van der Waals surface area (Å²) in [6.45, 7) is 7.23. The summed E-state index contributed by atoms with van der Waals surface area (Å²) in [7, 11) is 0. The van der Waals surface area contributed by atoms with E-state index in [1.54, 1.807) is 6.07 Å². The number of halogens is 1. The lowest BCUT2D eigenvalue weighted by Crippen LogP contribution is -2.24. The molecular formula is C16H22FN3. The van der Waals surface area contributed by atoms with E-state index in [0.717, 1.165) is 42.2 Å². The molecule has 0 unspecified atom stereocenters. The van der Waals surface area contributed by atoms with E-state index in [2.05, 4.69) is 29.1 Å². The van der Waals surface area contributed by atoms with Crippen LogP contribution < -0.4 is 5.32 Å². The third-order valence-corrected chi connectivity index (χ3v) is 3.17. The smallest absolute Gasteiger partial charge is 0.123 e. The van der Waals surface area contributed by atoms with Crippen molar-refractivity contribution in [3.05, 3.63) is 41.6 Å². The molecule has 0 saturated carbocycles. The van der Waals surface area contributed by atoms with Crippen molar-refractivity contribution in [2.75, 3.05) is 6.54 Å². The molecule has 1 aromatic carbocycles. The van der Waals surface area contributed by atoms with Crippen molar-refractivity contribution in [1.29, 1.82) is 0 Å². The number of H-pyrrole nitrogens is 1. The second-order valence-electron chi connectivity index (χ2n) is 5.38.